The lowest BCUT2D eigenvalue weighted by molar-refractivity contribution is -0.137. The van der Waals surface area contributed by atoms with Crippen LogP contribution in [0.2, 0.25) is 0 Å². The van der Waals surface area contributed by atoms with E-state index in [0.29, 0.717) is 17.9 Å². The monoisotopic (exact) mass is 476 g/mol. The molecule has 3 rings (SSSR count). The Balaban J connectivity index is 1.57. The Morgan fingerprint density at radius 1 is 1.00 bits per heavy atom. The van der Waals surface area contributed by atoms with Gasteiger partial charge in [0.25, 0.3) is 5.91 Å². The zero-order valence-corrected chi connectivity index (χ0v) is 17.1. The molecule has 0 aliphatic heterocycles. The second-order valence-corrected chi connectivity index (χ2v) is 7.14. The average Bonchev–Trinajstić information content (AvgIpc) is 2.73. The highest BCUT2D eigenvalue weighted by molar-refractivity contribution is 9.10. The zero-order chi connectivity index (χ0) is 21.6. The van der Waals surface area contributed by atoms with Crippen molar-refractivity contribution in [2.24, 2.45) is 5.10 Å². The molecule has 1 amide bonds. The van der Waals surface area contributed by atoms with Gasteiger partial charge < -0.3 is 4.74 Å². The third kappa shape index (κ3) is 5.93. The number of alkyl halides is 3. The summed E-state index contributed by atoms with van der Waals surface area (Å²) in [6.45, 7) is 0.377. The Bertz CT molecular complexity index is 1030. The minimum Gasteiger partial charge on any atom is -0.489 e. The molecule has 3 aromatic carbocycles. The second-order valence-electron chi connectivity index (χ2n) is 6.22. The number of ether oxygens (including phenoxy) is 1. The van der Waals surface area contributed by atoms with Crippen molar-refractivity contribution in [2.75, 3.05) is 0 Å². The van der Waals surface area contributed by atoms with Crippen LogP contribution >= 0.6 is 15.9 Å². The normalized spacial score (nSPS) is 11.5. The van der Waals surface area contributed by atoms with E-state index in [1.807, 2.05) is 24.3 Å². The first kappa shape index (κ1) is 21.6. The molecule has 1 N–H and O–H groups in total. The number of nitrogens with zero attached hydrogens (tertiary/aromatic N) is 1. The Kier molecular flexibility index (Phi) is 6.89. The molecule has 0 heterocycles. The topological polar surface area (TPSA) is 50.7 Å². The maximum Gasteiger partial charge on any atom is 0.417 e. The minimum absolute atomic E-state index is 0.137. The number of hydrogen-bond acceptors (Lipinski definition) is 3. The van der Waals surface area contributed by atoms with Gasteiger partial charge in [0.15, 0.2) is 0 Å². The first-order chi connectivity index (χ1) is 14.3. The highest BCUT2D eigenvalue weighted by atomic mass is 79.9. The predicted octanol–water partition coefficient (Wildman–Crippen LogP) is 5.81. The Morgan fingerprint density at radius 3 is 2.33 bits per heavy atom. The fraction of sp³-hybridized carbons (Fsp3) is 0.0909. The summed E-state index contributed by atoms with van der Waals surface area (Å²) in [6, 6.07) is 19.0. The van der Waals surface area contributed by atoms with Gasteiger partial charge in [-0.15, -0.1) is 0 Å². The van der Waals surface area contributed by atoms with E-state index in [1.54, 1.807) is 24.3 Å². The molecule has 0 aliphatic carbocycles. The number of nitrogens with one attached hydrogen (secondary N) is 1. The molecule has 0 unspecified atom stereocenters. The molecule has 0 spiro atoms. The summed E-state index contributed by atoms with van der Waals surface area (Å²) in [5.74, 6) is 0.0345. The number of benzene rings is 3. The standard InChI is InChI=1S/C22H16BrF3N2O2/c23-18-9-5-15(6-10-18)14-30-19-11-7-16(8-12-19)21(29)28-27-13-17-3-1-2-4-20(17)22(24,25)26/h1-13H,14H2,(H,28,29)/b27-13-. The van der Waals surface area contributed by atoms with Gasteiger partial charge in [0, 0.05) is 15.6 Å². The molecule has 3 aromatic rings. The SMILES string of the molecule is O=C(N/N=C\c1ccccc1C(F)(F)F)c1ccc(OCc2ccc(Br)cc2)cc1. The number of halogens is 4. The van der Waals surface area contributed by atoms with E-state index in [9.17, 15) is 18.0 Å². The molecule has 0 saturated heterocycles. The zero-order valence-electron chi connectivity index (χ0n) is 15.5. The smallest absolute Gasteiger partial charge is 0.417 e. The first-order valence-corrected chi connectivity index (χ1v) is 9.59. The number of amides is 1. The summed E-state index contributed by atoms with van der Waals surface area (Å²) in [6.07, 6.45) is -3.53. The van der Waals surface area contributed by atoms with Gasteiger partial charge in [-0.1, -0.05) is 46.3 Å². The number of carbonyl (C=O) groups is 1. The van der Waals surface area contributed by atoms with Crippen LogP contribution in [-0.4, -0.2) is 12.1 Å². The van der Waals surface area contributed by atoms with Crippen LogP contribution in [0.25, 0.3) is 0 Å². The molecule has 0 aromatic heterocycles. The third-order valence-electron chi connectivity index (χ3n) is 4.07. The maximum absolute atomic E-state index is 13.0. The van der Waals surface area contributed by atoms with Gasteiger partial charge in [-0.2, -0.15) is 18.3 Å². The van der Waals surface area contributed by atoms with Crippen molar-refractivity contribution in [2.45, 2.75) is 12.8 Å². The molecule has 0 fully saturated rings. The number of hydrogen-bond donors (Lipinski definition) is 1. The van der Waals surface area contributed by atoms with Crippen LogP contribution in [0.1, 0.15) is 27.0 Å². The van der Waals surface area contributed by atoms with E-state index in [1.165, 1.54) is 18.2 Å². The van der Waals surface area contributed by atoms with E-state index < -0.39 is 17.6 Å². The maximum atomic E-state index is 13.0. The molecule has 0 bridgehead atoms. The largest absolute Gasteiger partial charge is 0.489 e. The van der Waals surface area contributed by atoms with Crippen molar-refractivity contribution in [3.63, 3.8) is 0 Å². The van der Waals surface area contributed by atoms with Gasteiger partial charge in [-0.3, -0.25) is 4.79 Å². The van der Waals surface area contributed by atoms with E-state index in [-0.39, 0.29) is 5.56 Å². The van der Waals surface area contributed by atoms with Crippen molar-refractivity contribution in [3.8, 4) is 5.75 Å². The highest BCUT2D eigenvalue weighted by Gasteiger charge is 2.32. The molecule has 0 radical (unpaired) electrons. The van der Waals surface area contributed by atoms with Crippen molar-refractivity contribution in [3.05, 3.63) is 99.5 Å². The van der Waals surface area contributed by atoms with Gasteiger partial charge in [0.2, 0.25) is 0 Å². The van der Waals surface area contributed by atoms with Crippen LogP contribution in [0.15, 0.2) is 82.4 Å². The summed E-state index contributed by atoms with van der Waals surface area (Å²) in [4.78, 5) is 12.1. The van der Waals surface area contributed by atoms with Crippen molar-refractivity contribution in [1.82, 2.24) is 5.43 Å². The van der Waals surface area contributed by atoms with Gasteiger partial charge in [-0.25, -0.2) is 5.43 Å². The molecule has 8 heteroatoms. The molecule has 0 atom stereocenters. The van der Waals surface area contributed by atoms with Crippen LogP contribution in [0.3, 0.4) is 0 Å². The molecule has 4 nitrogen and oxygen atoms in total. The Morgan fingerprint density at radius 2 is 1.67 bits per heavy atom. The van der Waals surface area contributed by atoms with E-state index >= 15 is 0 Å². The van der Waals surface area contributed by atoms with Gasteiger partial charge >= 0.3 is 6.18 Å². The summed E-state index contributed by atoms with van der Waals surface area (Å²) in [7, 11) is 0. The Hall–Kier alpha value is -3.13. The predicted molar refractivity (Wildman–Crippen MR) is 111 cm³/mol. The van der Waals surface area contributed by atoms with Gasteiger partial charge in [-0.05, 0) is 48.0 Å². The lowest BCUT2D eigenvalue weighted by Gasteiger charge is -2.09. The second kappa shape index (κ2) is 9.58. The molecular weight excluding hydrogens is 461 g/mol. The highest BCUT2D eigenvalue weighted by Crippen LogP contribution is 2.31. The molecular formula is C22H16BrF3N2O2. The summed E-state index contributed by atoms with van der Waals surface area (Å²) in [5.41, 5.74) is 2.56. The number of carbonyl (C=O) groups excluding carboxylic acids is 1. The average molecular weight is 477 g/mol. The van der Waals surface area contributed by atoms with E-state index in [2.05, 4.69) is 26.5 Å². The summed E-state index contributed by atoms with van der Waals surface area (Å²) >= 11 is 3.37. The van der Waals surface area contributed by atoms with Crippen molar-refractivity contribution < 1.29 is 22.7 Å². The van der Waals surface area contributed by atoms with Crippen LogP contribution in [-0.2, 0) is 12.8 Å². The molecule has 0 saturated carbocycles. The lowest BCUT2D eigenvalue weighted by Crippen LogP contribution is -2.18. The Labute approximate surface area is 179 Å². The lowest BCUT2D eigenvalue weighted by atomic mass is 10.1. The quantitative estimate of drug-likeness (QED) is 0.360. The van der Waals surface area contributed by atoms with Gasteiger partial charge in [0.05, 0.1) is 11.8 Å². The minimum atomic E-state index is -4.50. The number of rotatable bonds is 6. The van der Waals surface area contributed by atoms with E-state index in [0.717, 1.165) is 22.3 Å². The fourth-order valence-corrected chi connectivity index (χ4v) is 2.81. The first-order valence-electron chi connectivity index (χ1n) is 8.80. The van der Waals surface area contributed by atoms with E-state index in [4.69, 9.17) is 4.74 Å². The molecule has 0 aliphatic rings. The summed E-state index contributed by atoms with van der Waals surface area (Å²) < 4.78 is 45.5. The molecule has 154 valence electrons. The van der Waals surface area contributed by atoms with Crippen molar-refractivity contribution in [1.29, 1.82) is 0 Å². The van der Waals surface area contributed by atoms with Crippen molar-refractivity contribution >= 4 is 28.1 Å². The fourth-order valence-electron chi connectivity index (χ4n) is 2.54. The van der Waals surface area contributed by atoms with Crippen LogP contribution in [0, 0.1) is 0 Å². The number of hydrazone groups is 1. The molecule has 30 heavy (non-hydrogen) atoms. The van der Waals surface area contributed by atoms with Crippen LogP contribution in [0.5, 0.6) is 5.75 Å². The van der Waals surface area contributed by atoms with Crippen LogP contribution < -0.4 is 10.2 Å². The summed E-state index contributed by atoms with van der Waals surface area (Å²) in [5, 5.41) is 3.64. The third-order valence-corrected chi connectivity index (χ3v) is 4.60. The van der Waals surface area contributed by atoms with Crippen LogP contribution in [0.4, 0.5) is 13.2 Å². The van der Waals surface area contributed by atoms with Gasteiger partial charge in [0.1, 0.15) is 12.4 Å².